The quantitative estimate of drug-likeness (QED) is 0.945. The summed E-state index contributed by atoms with van der Waals surface area (Å²) in [6.07, 6.45) is 4.49. The molecule has 0 spiro atoms. The van der Waals surface area contributed by atoms with Crippen molar-refractivity contribution >= 4 is 11.6 Å². The Balaban J connectivity index is 1.79. The molecular formula is C15H17ClFN3O. The summed E-state index contributed by atoms with van der Waals surface area (Å²) in [6, 6.07) is 4.62. The molecule has 6 heteroatoms. The number of hydrogen-bond donors (Lipinski definition) is 1. The van der Waals surface area contributed by atoms with E-state index in [2.05, 4.69) is 4.98 Å². The second-order valence-corrected chi connectivity index (χ2v) is 5.75. The molecule has 1 aliphatic heterocycles. The largest absolute Gasteiger partial charge is 0.381 e. The van der Waals surface area contributed by atoms with Crippen molar-refractivity contribution < 1.29 is 9.13 Å². The minimum Gasteiger partial charge on any atom is -0.381 e. The van der Waals surface area contributed by atoms with Gasteiger partial charge in [0.25, 0.3) is 0 Å². The number of ether oxygens (including phenoxy) is 1. The van der Waals surface area contributed by atoms with Crippen LogP contribution in [0.2, 0.25) is 5.02 Å². The van der Waals surface area contributed by atoms with Crippen LogP contribution in [0.3, 0.4) is 0 Å². The van der Waals surface area contributed by atoms with E-state index in [9.17, 15) is 4.39 Å². The van der Waals surface area contributed by atoms with E-state index in [0.29, 0.717) is 19.1 Å². The van der Waals surface area contributed by atoms with Gasteiger partial charge in [-0.15, -0.1) is 0 Å². The molecule has 112 valence electrons. The molecule has 0 bridgehead atoms. The van der Waals surface area contributed by atoms with Crippen LogP contribution in [0.5, 0.6) is 0 Å². The van der Waals surface area contributed by atoms with Crippen molar-refractivity contribution in [2.75, 3.05) is 13.2 Å². The Hall–Kier alpha value is -1.43. The molecule has 2 unspecified atom stereocenters. The molecule has 1 saturated heterocycles. The molecule has 1 aromatic carbocycles. The lowest BCUT2D eigenvalue weighted by atomic mass is 9.97. The molecule has 1 aliphatic rings. The number of benzene rings is 1. The molecule has 4 nitrogen and oxygen atoms in total. The zero-order valence-electron chi connectivity index (χ0n) is 11.5. The molecule has 0 saturated carbocycles. The number of aromatic nitrogens is 2. The van der Waals surface area contributed by atoms with Crippen LogP contribution < -0.4 is 5.73 Å². The third-order valence-electron chi connectivity index (χ3n) is 3.90. The van der Waals surface area contributed by atoms with E-state index in [1.54, 1.807) is 24.7 Å². The van der Waals surface area contributed by atoms with Crippen molar-refractivity contribution in [1.82, 2.24) is 9.55 Å². The number of imidazole rings is 1. The number of rotatable bonds is 4. The summed E-state index contributed by atoms with van der Waals surface area (Å²) in [5.41, 5.74) is 8.20. The molecule has 1 aromatic heterocycles. The van der Waals surface area contributed by atoms with Gasteiger partial charge in [0.15, 0.2) is 0 Å². The molecule has 2 heterocycles. The highest BCUT2D eigenvalue weighted by atomic mass is 35.5. The molecule has 1 fully saturated rings. The molecule has 2 aromatic rings. The van der Waals surface area contributed by atoms with Crippen molar-refractivity contribution in [1.29, 1.82) is 0 Å². The van der Waals surface area contributed by atoms with Gasteiger partial charge in [-0.3, -0.25) is 0 Å². The lowest BCUT2D eigenvalue weighted by molar-refractivity contribution is 0.180. The maximum absolute atomic E-state index is 13.2. The van der Waals surface area contributed by atoms with Crippen LogP contribution in [0, 0.1) is 11.7 Å². The summed E-state index contributed by atoms with van der Waals surface area (Å²) in [7, 11) is 0. The Morgan fingerprint density at radius 2 is 2.38 bits per heavy atom. The summed E-state index contributed by atoms with van der Waals surface area (Å²) < 4.78 is 20.6. The maximum Gasteiger partial charge on any atom is 0.141 e. The highest BCUT2D eigenvalue weighted by Crippen LogP contribution is 2.27. The molecular weight excluding hydrogens is 293 g/mol. The second kappa shape index (κ2) is 6.13. The van der Waals surface area contributed by atoms with E-state index in [1.165, 1.54) is 6.07 Å². The van der Waals surface area contributed by atoms with Gasteiger partial charge in [0.05, 0.1) is 29.7 Å². The first-order valence-electron chi connectivity index (χ1n) is 6.92. The van der Waals surface area contributed by atoms with Crippen LogP contribution in [0.15, 0.2) is 30.7 Å². The van der Waals surface area contributed by atoms with E-state index in [1.807, 2.05) is 4.57 Å². The fraction of sp³-hybridized carbons (Fsp3) is 0.400. The van der Waals surface area contributed by atoms with Gasteiger partial charge in [-0.1, -0.05) is 17.7 Å². The van der Waals surface area contributed by atoms with Crippen LogP contribution >= 0.6 is 11.6 Å². The summed E-state index contributed by atoms with van der Waals surface area (Å²) >= 11 is 5.82. The summed E-state index contributed by atoms with van der Waals surface area (Å²) in [6.45, 7) is 2.02. The van der Waals surface area contributed by atoms with Gasteiger partial charge >= 0.3 is 0 Å². The third kappa shape index (κ3) is 3.10. The Morgan fingerprint density at radius 1 is 1.52 bits per heavy atom. The number of halogens is 2. The smallest absolute Gasteiger partial charge is 0.141 e. The van der Waals surface area contributed by atoms with Gasteiger partial charge < -0.3 is 15.0 Å². The Kier molecular flexibility index (Phi) is 4.24. The fourth-order valence-electron chi connectivity index (χ4n) is 2.65. The SMILES string of the molecule is NC(c1cncn1Cc1ccc(F)c(Cl)c1)C1CCOC1. The number of nitrogens with two attached hydrogens (primary N) is 1. The molecule has 2 atom stereocenters. The molecule has 0 aliphatic carbocycles. The minimum absolute atomic E-state index is 0.106. The third-order valence-corrected chi connectivity index (χ3v) is 4.19. The van der Waals surface area contributed by atoms with Crippen molar-refractivity contribution in [2.45, 2.75) is 19.0 Å². The molecule has 2 N–H and O–H groups in total. The van der Waals surface area contributed by atoms with Gasteiger partial charge in [-0.25, -0.2) is 9.37 Å². The first-order chi connectivity index (χ1) is 10.1. The van der Waals surface area contributed by atoms with Gasteiger partial charge in [0.2, 0.25) is 0 Å². The lowest BCUT2D eigenvalue weighted by Crippen LogP contribution is -2.24. The Morgan fingerprint density at radius 3 is 3.10 bits per heavy atom. The zero-order valence-corrected chi connectivity index (χ0v) is 12.3. The number of hydrogen-bond acceptors (Lipinski definition) is 3. The summed E-state index contributed by atoms with van der Waals surface area (Å²) in [5, 5.41) is 0.127. The topological polar surface area (TPSA) is 53.1 Å². The van der Waals surface area contributed by atoms with Crippen LogP contribution in [-0.4, -0.2) is 22.8 Å². The standard InChI is InChI=1S/C15H17ClFN3O/c16-12-5-10(1-2-13(12)17)7-20-9-19-6-14(20)15(18)11-3-4-21-8-11/h1-2,5-6,9,11,15H,3-4,7-8,18H2. The lowest BCUT2D eigenvalue weighted by Gasteiger charge is -2.19. The predicted molar refractivity (Wildman–Crippen MR) is 78.6 cm³/mol. The van der Waals surface area contributed by atoms with Gasteiger partial charge in [0, 0.05) is 25.3 Å². The monoisotopic (exact) mass is 309 g/mol. The van der Waals surface area contributed by atoms with Crippen molar-refractivity contribution in [3.05, 3.63) is 52.8 Å². The van der Waals surface area contributed by atoms with E-state index >= 15 is 0 Å². The average Bonchev–Trinajstić information content (AvgIpc) is 3.13. The van der Waals surface area contributed by atoms with E-state index in [4.69, 9.17) is 22.1 Å². The normalized spacial score (nSPS) is 19.9. The van der Waals surface area contributed by atoms with E-state index in [0.717, 1.165) is 24.3 Å². The zero-order chi connectivity index (χ0) is 14.8. The van der Waals surface area contributed by atoms with Gasteiger partial charge in [-0.05, 0) is 24.1 Å². The van der Waals surface area contributed by atoms with Crippen LogP contribution in [-0.2, 0) is 11.3 Å². The maximum atomic E-state index is 13.2. The Bertz CT molecular complexity index is 625. The van der Waals surface area contributed by atoms with Gasteiger partial charge in [-0.2, -0.15) is 0 Å². The van der Waals surface area contributed by atoms with Crippen molar-refractivity contribution in [3.8, 4) is 0 Å². The van der Waals surface area contributed by atoms with E-state index < -0.39 is 5.82 Å². The van der Waals surface area contributed by atoms with Gasteiger partial charge in [0.1, 0.15) is 5.82 Å². The van der Waals surface area contributed by atoms with Crippen molar-refractivity contribution in [3.63, 3.8) is 0 Å². The molecule has 0 radical (unpaired) electrons. The van der Waals surface area contributed by atoms with Crippen molar-refractivity contribution in [2.24, 2.45) is 11.7 Å². The molecule has 0 amide bonds. The highest BCUT2D eigenvalue weighted by Gasteiger charge is 2.26. The van der Waals surface area contributed by atoms with Crippen LogP contribution in [0.4, 0.5) is 4.39 Å². The summed E-state index contributed by atoms with van der Waals surface area (Å²) in [5.74, 6) is -0.0941. The fourth-order valence-corrected chi connectivity index (χ4v) is 2.86. The first kappa shape index (κ1) is 14.5. The van der Waals surface area contributed by atoms with E-state index in [-0.39, 0.29) is 11.1 Å². The van der Waals surface area contributed by atoms with Crippen LogP contribution in [0.25, 0.3) is 0 Å². The van der Waals surface area contributed by atoms with Crippen LogP contribution in [0.1, 0.15) is 23.7 Å². The second-order valence-electron chi connectivity index (χ2n) is 5.34. The Labute approximate surface area is 127 Å². The first-order valence-corrected chi connectivity index (χ1v) is 7.30. The predicted octanol–water partition coefficient (Wildman–Crippen LogP) is 2.76. The number of nitrogens with zero attached hydrogens (tertiary/aromatic N) is 2. The average molecular weight is 310 g/mol. The molecule has 21 heavy (non-hydrogen) atoms. The molecule has 3 rings (SSSR count). The minimum atomic E-state index is -0.411. The highest BCUT2D eigenvalue weighted by molar-refractivity contribution is 6.30. The summed E-state index contributed by atoms with van der Waals surface area (Å²) in [4.78, 5) is 4.19.